The number of aromatic nitrogens is 1. The van der Waals surface area contributed by atoms with Crippen molar-refractivity contribution in [1.29, 1.82) is 0 Å². The van der Waals surface area contributed by atoms with Gasteiger partial charge >= 0.3 is 0 Å². The quantitative estimate of drug-likeness (QED) is 0.790. The van der Waals surface area contributed by atoms with Gasteiger partial charge in [-0.25, -0.2) is 4.98 Å². The van der Waals surface area contributed by atoms with Crippen LogP contribution in [0.15, 0.2) is 22.8 Å². The summed E-state index contributed by atoms with van der Waals surface area (Å²) in [6, 6.07) is 5.29. The van der Waals surface area contributed by atoms with Crippen molar-refractivity contribution in [3.8, 4) is 0 Å². The summed E-state index contributed by atoms with van der Waals surface area (Å²) in [5, 5.41) is 0. The van der Waals surface area contributed by atoms with E-state index in [-0.39, 0.29) is 18.1 Å². The lowest BCUT2D eigenvalue weighted by molar-refractivity contribution is -0.00461. The van der Waals surface area contributed by atoms with Gasteiger partial charge in [-0.2, -0.15) is 0 Å². The monoisotopic (exact) mass is 314 g/mol. The Labute approximate surface area is 114 Å². The third kappa shape index (κ3) is 2.71. The third-order valence-electron chi connectivity index (χ3n) is 3.04. The van der Waals surface area contributed by atoms with E-state index in [1.807, 2.05) is 0 Å². The number of carbonyl (C=O) groups excluding carboxylic acids is 1. The van der Waals surface area contributed by atoms with Gasteiger partial charge in [0.1, 0.15) is 22.5 Å². The largest absolute Gasteiger partial charge is 0.377 e. The first-order valence-corrected chi connectivity index (χ1v) is 6.42. The van der Waals surface area contributed by atoms with Crippen molar-refractivity contribution in [2.45, 2.75) is 12.2 Å². The Kier molecular flexibility index (Phi) is 4.31. The zero-order valence-corrected chi connectivity index (χ0v) is 11.9. The number of ether oxygens (including phenoxy) is 2. The molecule has 0 radical (unpaired) electrons. The molecule has 2 unspecified atom stereocenters. The lowest BCUT2D eigenvalue weighted by atomic mass is 10.3. The molecule has 0 spiro atoms. The van der Waals surface area contributed by atoms with Gasteiger partial charge in [-0.05, 0) is 28.1 Å². The van der Waals surface area contributed by atoms with E-state index in [9.17, 15) is 4.79 Å². The van der Waals surface area contributed by atoms with Gasteiger partial charge in [0.25, 0.3) is 5.91 Å². The van der Waals surface area contributed by atoms with Crippen molar-refractivity contribution >= 4 is 21.8 Å². The molecule has 0 aromatic carbocycles. The van der Waals surface area contributed by atoms with E-state index in [0.29, 0.717) is 23.4 Å². The van der Waals surface area contributed by atoms with Gasteiger partial charge in [-0.15, -0.1) is 0 Å². The predicted octanol–water partition coefficient (Wildman–Crippen LogP) is 1.33. The van der Waals surface area contributed by atoms with E-state index in [2.05, 4.69) is 20.9 Å². The Morgan fingerprint density at radius 1 is 1.33 bits per heavy atom. The summed E-state index contributed by atoms with van der Waals surface area (Å²) in [6.07, 6.45) is -0.155. The van der Waals surface area contributed by atoms with Crippen LogP contribution in [0.5, 0.6) is 0 Å². The number of amides is 1. The highest BCUT2D eigenvalue weighted by Gasteiger charge is 2.36. The van der Waals surface area contributed by atoms with Gasteiger partial charge in [-0.3, -0.25) is 4.79 Å². The summed E-state index contributed by atoms with van der Waals surface area (Å²) in [6.45, 7) is 1.06. The van der Waals surface area contributed by atoms with Gasteiger partial charge in [0.2, 0.25) is 0 Å². The molecule has 1 aliphatic heterocycles. The van der Waals surface area contributed by atoms with Gasteiger partial charge in [-0.1, -0.05) is 6.07 Å². The van der Waals surface area contributed by atoms with E-state index >= 15 is 0 Å². The lowest BCUT2D eigenvalue weighted by Gasteiger charge is -2.15. The van der Waals surface area contributed by atoms with Crippen LogP contribution in [-0.4, -0.2) is 55.3 Å². The summed E-state index contributed by atoms with van der Waals surface area (Å²) in [5.41, 5.74) is 0.427. The Balaban J connectivity index is 2.11. The molecule has 0 bridgehead atoms. The Hall–Kier alpha value is -0.980. The minimum atomic E-state index is -0.0992. The number of rotatable bonds is 3. The van der Waals surface area contributed by atoms with E-state index < -0.39 is 0 Å². The van der Waals surface area contributed by atoms with Crippen LogP contribution in [0.2, 0.25) is 0 Å². The highest BCUT2D eigenvalue weighted by Crippen LogP contribution is 2.18. The molecule has 1 aliphatic rings. The number of halogens is 1. The van der Waals surface area contributed by atoms with Crippen LogP contribution in [0.3, 0.4) is 0 Å². The molecule has 2 rings (SSSR count). The average Bonchev–Trinajstić information content (AvgIpc) is 2.81. The SMILES string of the molecule is COC1CN(C(=O)c2cccc(Br)n2)CC1OC. The summed E-state index contributed by atoms with van der Waals surface area (Å²) < 4.78 is 11.3. The summed E-state index contributed by atoms with van der Waals surface area (Å²) in [5.74, 6) is -0.0992. The fourth-order valence-electron chi connectivity index (χ4n) is 2.05. The number of methoxy groups -OCH3 is 2. The molecule has 1 saturated heterocycles. The Morgan fingerprint density at radius 2 is 1.94 bits per heavy atom. The fourth-order valence-corrected chi connectivity index (χ4v) is 2.40. The maximum absolute atomic E-state index is 12.3. The molecule has 2 heterocycles. The number of pyridine rings is 1. The second-order valence-corrected chi connectivity index (χ2v) is 4.92. The standard InChI is InChI=1S/C12H15BrN2O3/c1-17-9-6-15(7-10(9)18-2)12(16)8-4-3-5-11(13)14-8/h3-5,9-10H,6-7H2,1-2H3. The van der Waals surface area contributed by atoms with E-state index in [1.165, 1.54) is 0 Å². The van der Waals surface area contributed by atoms with E-state index in [0.717, 1.165) is 0 Å². The van der Waals surface area contributed by atoms with Crippen LogP contribution >= 0.6 is 15.9 Å². The maximum Gasteiger partial charge on any atom is 0.272 e. The topological polar surface area (TPSA) is 51.7 Å². The second-order valence-electron chi connectivity index (χ2n) is 4.10. The van der Waals surface area contributed by atoms with Crippen molar-refractivity contribution in [2.24, 2.45) is 0 Å². The summed E-state index contributed by atoms with van der Waals surface area (Å²) in [7, 11) is 3.25. The molecule has 0 saturated carbocycles. The van der Waals surface area contributed by atoms with Crippen molar-refractivity contribution in [3.05, 3.63) is 28.5 Å². The molecule has 2 atom stereocenters. The molecular formula is C12H15BrN2O3. The van der Waals surface area contributed by atoms with Gasteiger partial charge in [0.05, 0.1) is 0 Å². The molecule has 98 valence electrons. The van der Waals surface area contributed by atoms with Crippen LogP contribution in [-0.2, 0) is 9.47 Å². The minimum Gasteiger partial charge on any atom is -0.377 e. The summed E-state index contributed by atoms with van der Waals surface area (Å²) >= 11 is 3.26. The lowest BCUT2D eigenvalue weighted by Crippen LogP contribution is -2.30. The van der Waals surface area contributed by atoms with Crippen LogP contribution in [0.1, 0.15) is 10.5 Å². The molecule has 1 aromatic heterocycles. The van der Waals surface area contributed by atoms with Gasteiger partial charge in [0, 0.05) is 27.3 Å². The molecule has 1 fully saturated rings. The number of hydrogen-bond acceptors (Lipinski definition) is 4. The van der Waals surface area contributed by atoms with Gasteiger partial charge in [0.15, 0.2) is 0 Å². The molecule has 5 nitrogen and oxygen atoms in total. The van der Waals surface area contributed by atoms with E-state index in [1.54, 1.807) is 37.3 Å². The molecule has 0 N–H and O–H groups in total. The Morgan fingerprint density at radius 3 is 2.44 bits per heavy atom. The molecule has 6 heteroatoms. The normalized spacial score (nSPS) is 23.4. The Bertz CT molecular complexity index is 429. The van der Waals surface area contributed by atoms with Crippen LogP contribution in [0.4, 0.5) is 0 Å². The second kappa shape index (κ2) is 5.77. The van der Waals surface area contributed by atoms with Crippen LogP contribution in [0.25, 0.3) is 0 Å². The first-order chi connectivity index (χ1) is 8.65. The fraction of sp³-hybridized carbons (Fsp3) is 0.500. The molecular weight excluding hydrogens is 300 g/mol. The summed E-state index contributed by atoms with van der Waals surface area (Å²) in [4.78, 5) is 18.1. The molecule has 0 aliphatic carbocycles. The number of carbonyl (C=O) groups is 1. The highest BCUT2D eigenvalue weighted by molar-refractivity contribution is 9.10. The van der Waals surface area contributed by atoms with Crippen LogP contribution in [0, 0.1) is 0 Å². The van der Waals surface area contributed by atoms with Crippen molar-refractivity contribution in [1.82, 2.24) is 9.88 Å². The van der Waals surface area contributed by atoms with Crippen LogP contribution < -0.4 is 0 Å². The smallest absolute Gasteiger partial charge is 0.272 e. The maximum atomic E-state index is 12.3. The third-order valence-corrected chi connectivity index (χ3v) is 3.48. The van der Waals surface area contributed by atoms with E-state index in [4.69, 9.17) is 9.47 Å². The number of likely N-dealkylation sites (tertiary alicyclic amines) is 1. The zero-order chi connectivity index (χ0) is 13.1. The van der Waals surface area contributed by atoms with Crippen molar-refractivity contribution in [2.75, 3.05) is 27.3 Å². The predicted molar refractivity (Wildman–Crippen MR) is 69.4 cm³/mol. The average molecular weight is 315 g/mol. The molecule has 18 heavy (non-hydrogen) atoms. The number of hydrogen-bond donors (Lipinski definition) is 0. The highest BCUT2D eigenvalue weighted by atomic mass is 79.9. The minimum absolute atomic E-state index is 0.0777. The number of nitrogens with zero attached hydrogens (tertiary/aromatic N) is 2. The first kappa shape index (κ1) is 13.5. The molecule has 1 amide bonds. The molecule has 1 aromatic rings. The van der Waals surface area contributed by atoms with Crippen molar-refractivity contribution in [3.63, 3.8) is 0 Å². The first-order valence-electron chi connectivity index (χ1n) is 5.63. The van der Waals surface area contributed by atoms with Crippen molar-refractivity contribution < 1.29 is 14.3 Å². The van der Waals surface area contributed by atoms with Gasteiger partial charge < -0.3 is 14.4 Å². The zero-order valence-electron chi connectivity index (χ0n) is 10.3.